The van der Waals surface area contributed by atoms with E-state index in [1.807, 2.05) is 7.11 Å². The van der Waals surface area contributed by atoms with Crippen LogP contribution >= 0.6 is 0 Å². The first-order valence-corrected chi connectivity index (χ1v) is 13.8. The SMILES string of the molecule is CC(C)(C)C.COC(=O)CCCC1CCC2C3CCC4CCCCC4(C)C3=CC(OC)C12C. The number of allylic oxidation sites excluding steroid dienone is 1. The molecule has 4 aliphatic rings. The Morgan fingerprint density at radius 1 is 1.03 bits per heavy atom. The van der Waals surface area contributed by atoms with Gasteiger partial charge in [0, 0.05) is 18.9 Å². The van der Waals surface area contributed by atoms with Crippen molar-refractivity contribution in [3.05, 3.63) is 11.6 Å². The van der Waals surface area contributed by atoms with E-state index in [4.69, 9.17) is 9.47 Å². The first kappa shape index (κ1) is 26.8. The van der Waals surface area contributed by atoms with Crippen LogP contribution < -0.4 is 0 Å². The lowest BCUT2D eigenvalue weighted by Gasteiger charge is -2.58. The van der Waals surface area contributed by atoms with E-state index in [-0.39, 0.29) is 17.5 Å². The van der Waals surface area contributed by atoms with Crippen molar-refractivity contribution in [3.63, 3.8) is 0 Å². The van der Waals surface area contributed by atoms with Crippen LogP contribution in [-0.4, -0.2) is 26.3 Å². The molecule has 0 aliphatic heterocycles. The highest BCUT2D eigenvalue weighted by Gasteiger charge is 2.59. The van der Waals surface area contributed by atoms with Gasteiger partial charge in [0.25, 0.3) is 0 Å². The third kappa shape index (κ3) is 5.54. The van der Waals surface area contributed by atoms with Gasteiger partial charge in [-0.05, 0) is 85.9 Å². The second-order valence-corrected chi connectivity index (χ2v) is 13.5. The zero-order valence-corrected chi connectivity index (χ0v) is 23.0. The van der Waals surface area contributed by atoms with Crippen molar-refractivity contribution in [1.29, 1.82) is 0 Å². The molecule has 0 aromatic carbocycles. The maximum Gasteiger partial charge on any atom is 0.305 e. The number of hydrogen-bond acceptors (Lipinski definition) is 3. The Hall–Kier alpha value is -0.830. The summed E-state index contributed by atoms with van der Waals surface area (Å²) in [7, 11) is 3.41. The van der Waals surface area contributed by atoms with Crippen molar-refractivity contribution in [3.8, 4) is 0 Å². The Kier molecular flexibility index (Phi) is 8.46. The number of ether oxygens (including phenoxy) is 2. The van der Waals surface area contributed by atoms with E-state index in [9.17, 15) is 4.79 Å². The number of carbonyl (C=O) groups excluding carboxylic acids is 1. The van der Waals surface area contributed by atoms with Crippen molar-refractivity contribution in [2.45, 2.75) is 118 Å². The van der Waals surface area contributed by atoms with E-state index >= 15 is 0 Å². The smallest absolute Gasteiger partial charge is 0.305 e. The van der Waals surface area contributed by atoms with Crippen LogP contribution in [0, 0.1) is 39.9 Å². The van der Waals surface area contributed by atoms with Crippen molar-refractivity contribution < 1.29 is 14.3 Å². The maximum atomic E-state index is 11.6. The highest BCUT2D eigenvalue weighted by molar-refractivity contribution is 5.68. The Labute approximate surface area is 204 Å². The number of fused-ring (bicyclic) bond motifs is 5. The fourth-order valence-corrected chi connectivity index (χ4v) is 8.04. The average Bonchev–Trinajstić information content (AvgIpc) is 3.08. The summed E-state index contributed by atoms with van der Waals surface area (Å²) in [5.41, 5.74) is 2.91. The summed E-state index contributed by atoms with van der Waals surface area (Å²) >= 11 is 0. The molecule has 0 amide bonds. The normalized spacial score (nSPS) is 39.9. The molecule has 0 bridgehead atoms. The van der Waals surface area contributed by atoms with E-state index in [0.717, 1.165) is 30.6 Å². The fourth-order valence-electron chi connectivity index (χ4n) is 8.04. The Balaban J connectivity index is 0.000000555. The van der Waals surface area contributed by atoms with Gasteiger partial charge in [0.2, 0.25) is 0 Å². The minimum absolute atomic E-state index is 0.0719. The third-order valence-electron chi connectivity index (χ3n) is 9.63. The topological polar surface area (TPSA) is 35.5 Å². The molecule has 4 rings (SSSR count). The Morgan fingerprint density at radius 3 is 2.36 bits per heavy atom. The summed E-state index contributed by atoms with van der Waals surface area (Å²) in [6.07, 6.45) is 16.5. The molecule has 3 fully saturated rings. The van der Waals surface area contributed by atoms with Gasteiger partial charge in [-0.1, -0.05) is 66.0 Å². The first-order chi connectivity index (χ1) is 15.4. The minimum Gasteiger partial charge on any atom is -0.469 e. The summed E-state index contributed by atoms with van der Waals surface area (Å²) < 4.78 is 11.0. The van der Waals surface area contributed by atoms with Crippen molar-refractivity contribution >= 4 is 5.97 Å². The lowest BCUT2D eigenvalue weighted by Crippen LogP contribution is -2.52. The number of hydrogen-bond donors (Lipinski definition) is 0. The lowest BCUT2D eigenvalue weighted by molar-refractivity contribution is -0.140. The predicted molar refractivity (Wildman–Crippen MR) is 137 cm³/mol. The van der Waals surface area contributed by atoms with E-state index in [1.165, 1.54) is 58.5 Å². The summed E-state index contributed by atoms with van der Waals surface area (Å²) in [4.78, 5) is 11.6. The van der Waals surface area contributed by atoms with Crippen LogP contribution in [0.25, 0.3) is 0 Å². The lowest BCUT2D eigenvalue weighted by atomic mass is 9.48. The molecule has 0 heterocycles. The van der Waals surface area contributed by atoms with Crippen LogP contribution in [0.1, 0.15) is 112 Å². The molecule has 0 aromatic rings. The Morgan fingerprint density at radius 2 is 1.73 bits per heavy atom. The van der Waals surface area contributed by atoms with Gasteiger partial charge in [-0.2, -0.15) is 0 Å². The molecule has 0 spiro atoms. The molecule has 33 heavy (non-hydrogen) atoms. The van der Waals surface area contributed by atoms with Crippen molar-refractivity contribution in [2.75, 3.05) is 14.2 Å². The zero-order valence-electron chi connectivity index (χ0n) is 23.0. The highest BCUT2D eigenvalue weighted by Crippen LogP contribution is 2.66. The fraction of sp³-hybridized carbons (Fsp3) is 0.900. The molecule has 7 unspecified atom stereocenters. The zero-order chi connectivity index (χ0) is 24.4. The second-order valence-electron chi connectivity index (χ2n) is 13.5. The second kappa shape index (κ2) is 10.4. The van der Waals surface area contributed by atoms with Gasteiger partial charge in [-0.3, -0.25) is 4.79 Å². The van der Waals surface area contributed by atoms with Crippen molar-refractivity contribution in [1.82, 2.24) is 0 Å². The van der Waals surface area contributed by atoms with Gasteiger partial charge < -0.3 is 9.47 Å². The molecule has 3 saturated carbocycles. The summed E-state index contributed by atoms with van der Waals surface area (Å²) in [6.45, 7) is 13.8. The molecule has 7 atom stereocenters. The van der Waals surface area contributed by atoms with E-state index < -0.39 is 0 Å². The molecule has 0 radical (unpaired) electrons. The van der Waals surface area contributed by atoms with Gasteiger partial charge in [0.05, 0.1) is 13.2 Å². The first-order valence-electron chi connectivity index (χ1n) is 13.8. The molecular weight excluding hydrogens is 408 g/mol. The molecule has 0 aromatic heterocycles. The molecular formula is C30H52O3. The van der Waals surface area contributed by atoms with E-state index in [1.54, 1.807) is 5.57 Å². The van der Waals surface area contributed by atoms with E-state index in [0.29, 0.717) is 23.2 Å². The molecule has 0 saturated heterocycles. The van der Waals surface area contributed by atoms with Crippen LogP contribution in [0.15, 0.2) is 11.6 Å². The number of esters is 1. The number of carbonyl (C=O) groups is 1. The van der Waals surface area contributed by atoms with Crippen LogP contribution in [0.2, 0.25) is 0 Å². The standard InChI is InChI=1S/C25H40O3.C5H12/c1-24-15-6-5-8-17(24)11-13-19-20-14-12-18(9-7-10-23(26)28-4)25(20,2)22(27-3)16-21(19)24;1-5(2,3)4/h16-20,22H,5-15H2,1-4H3;1-4H3. The predicted octanol–water partition coefficient (Wildman–Crippen LogP) is 7.98. The molecule has 190 valence electrons. The Bertz CT molecular complexity index is 698. The van der Waals surface area contributed by atoms with Crippen LogP contribution in [0.5, 0.6) is 0 Å². The van der Waals surface area contributed by atoms with Crippen LogP contribution in [-0.2, 0) is 14.3 Å². The molecule has 3 nitrogen and oxygen atoms in total. The molecule has 3 heteroatoms. The van der Waals surface area contributed by atoms with Gasteiger partial charge >= 0.3 is 5.97 Å². The summed E-state index contributed by atoms with van der Waals surface area (Å²) in [5.74, 6) is 2.99. The highest BCUT2D eigenvalue weighted by atomic mass is 16.5. The number of rotatable bonds is 5. The van der Waals surface area contributed by atoms with Gasteiger partial charge in [0.15, 0.2) is 0 Å². The quantitative estimate of drug-likeness (QED) is 0.308. The monoisotopic (exact) mass is 460 g/mol. The summed E-state index contributed by atoms with van der Waals surface area (Å²) in [5, 5.41) is 0. The largest absolute Gasteiger partial charge is 0.469 e. The maximum absolute atomic E-state index is 11.6. The third-order valence-corrected chi connectivity index (χ3v) is 9.63. The van der Waals surface area contributed by atoms with Crippen molar-refractivity contribution in [2.24, 2.45) is 39.9 Å². The van der Waals surface area contributed by atoms with E-state index in [2.05, 4.69) is 47.6 Å². The van der Waals surface area contributed by atoms with Gasteiger partial charge in [-0.25, -0.2) is 0 Å². The molecule has 0 N–H and O–H groups in total. The van der Waals surface area contributed by atoms with Gasteiger partial charge in [-0.15, -0.1) is 0 Å². The van der Waals surface area contributed by atoms with Crippen LogP contribution in [0.3, 0.4) is 0 Å². The molecule has 4 aliphatic carbocycles. The average molecular weight is 461 g/mol. The minimum atomic E-state index is -0.0719. The summed E-state index contributed by atoms with van der Waals surface area (Å²) in [6, 6.07) is 0. The van der Waals surface area contributed by atoms with Gasteiger partial charge in [0.1, 0.15) is 0 Å². The van der Waals surface area contributed by atoms with Crippen LogP contribution in [0.4, 0.5) is 0 Å². The number of methoxy groups -OCH3 is 2.